The summed E-state index contributed by atoms with van der Waals surface area (Å²) in [5.74, 6) is 0.841. The van der Waals surface area contributed by atoms with E-state index in [4.69, 9.17) is 0 Å². The second-order valence-electron chi connectivity index (χ2n) is 5.65. The van der Waals surface area contributed by atoms with Crippen LogP contribution in [0.4, 0.5) is 0 Å². The normalized spacial score (nSPS) is 23.0. The van der Waals surface area contributed by atoms with Crippen LogP contribution in [0.15, 0.2) is 12.4 Å². The van der Waals surface area contributed by atoms with Crippen molar-refractivity contribution >= 4 is 11.8 Å². The minimum Gasteiger partial charge on any atom is -0.354 e. The highest BCUT2D eigenvalue weighted by Crippen LogP contribution is 2.10. The largest absolute Gasteiger partial charge is 0.354 e. The van der Waals surface area contributed by atoms with E-state index in [9.17, 15) is 9.59 Å². The van der Waals surface area contributed by atoms with Crippen molar-refractivity contribution in [3.8, 4) is 0 Å². The Hall–Kier alpha value is -1.89. The maximum Gasteiger partial charge on any atom is 0.242 e. The Balaban J connectivity index is 1.51. The van der Waals surface area contributed by atoms with Crippen molar-refractivity contribution in [2.24, 2.45) is 0 Å². The molecular weight excluding hydrogens is 270 g/mol. The van der Waals surface area contributed by atoms with E-state index in [0.717, 1.165) is 38.2 Å². The third kappa shape index (κ3) is 3.41. The lowest BCUT2D eigenvalue weighted by molar-refractivity contribution is -0.129. The Labute approximate surface area is 123 Å². The molecule has 114 valence electrons. The maximum absolute atomic E-state index is 12.1. The predicted molar refractivity (Wildman–Crippen MR) is 76.3 cm³/mol. The number of aromatic nitrogens is 2. The SMILES string of the molecule is O=C(CN1CCn2ccnc2C1)N[C@H]1CCCCNC1=O. The van der Waals surface area contributed by atoms with Crippen molar-refractivity contribution in [3.63, 3.8) is 0 Å². The highest BCUT2D eigenvalue weighted by Gasteiger charge is 2.24. The molecule has 0 unspecified atom stereocenters. The summed E-state index contributed by atoms with van der Waals surface area (Å²) in [5, 5.41) is 5.69. The molecular formula is C14H21N5O2. The van der Waals surface area contributed by atoms with Crippen molar-refractivity contribution in [1.29, 1.82) is 0 Å². The van der Waals surface area contributed by atoms with Gasteiger partial charge in [0, 0.05) is 32.0 Å². The van der Waals surface area contributed by atoms with Crippen LogP contribution < -0.4 is 10.6 Å². The van der Waals surface area contributed by atoms with Crippen LogP contribution in [-0.2, 0) is 22.7 Å². The molecule has 1 saturated heterocycles. The summed E-state index contributed by atoms with van der Waals surface area (Å²) in [6.45, 7) is 3.38. The summed E-state index contributed by atoms with van der Waals surface area (Å²) in [4.78, 5) is 30.3. The molecule has 7 heteroatoms. The van der Waals surface area contributed by atoms with Gasteiger partial charge in [0.15, 0.2) is 0 Å². The van der Waals surface area contributed by atoms with E-state index in [2.05, 4.69) is 25.1 Å². The number of carbonyl (C=O) groups excluding carboxylic acids is 2. The summed E-state index contributed by atoms with van der Waals surface area (Å²) in [5.41, 5.74) is 0. The molecule has 1 aromatic heterocycles. The van der Waals surface area contributed by atoms with Crippen LogP contribution in [0.3, 0.4) is 0 Å². The van der Waals surface area contributed by atoms with Crippen molar-refractivity contribution in [2.45, 2.75) is 38.4 Å². The molecule has 21 heavy (non-hydrogen) atoms. The highest BCUT2D eigenvalue weighted by molar-refractivity contribution is 5.88. The van der Waals surface area contributed by atoms with Gasteiger partial charge < -0.3 is 15.2 Å². The van der Waals surface area contributed by atoms with Gasteiger partial charge in [-0.15, -0.1) is 0 Å². The Kier molecular flexibility index (Phi) is 4.19. The van der Waals surface area contributed by atoms with Crippen LogP contribution in [0.1, 0.15) is 25.1 Å². The number of nitrogens with one attached hydrogen (secondary N) is 2. The van der Waals surface area contributed by atoms with E-state index in [1.54, 1.807) is 6.20 Å². The molecule has 2 aliphatic heterocycles. The average molecular weight is 291 g/mol. The fourth-order valence-electron chi connectivity index (χ4n) is 2.88. The third-order valence-corrected chi connectivity index (χ3v) is 4.06. The molecule has 3 heterocycles. The lowest BCUT2D eigenvalue weighted by Crippen LogP contribution is -2.49. The Morgan fingerprint density at radius 1 is 1.43 bits per heavy atom. The Morgan fingerprint density at radius 3 is 3.24 bits per heavy atom. The number of carbonyl (C=O) groups is 2. The first-order valence-corrected chi connectivity index (χ1v) is 7.52. The fraction of sp³-hybridized carbons (Fsp3) is 0.643. The van der Waals surface area contributed by atoms with Gasteiger partial charge in [0.05, 0.1) is 13.1 Å². The number of imidazole rings is 1. The number of rotatable bonds is 3. The molecule has 1 aromatic rings. The number of hydrogen-bond acceptors (Lipinski definition) is 4. The van der Waals surface area contributed by atoms with Gasteiger partial charge in [-0.05, 0) is 19.3 Å². The van der Waals surface area contributed by atoms with Crippen LogP contribution in [0.2, 0.25) is 0 Å². The van der Waals surface area contributed by atoms with Gasteiger partial charge >= 0.3 is 0 Å². The predicted octanol–water partition coefficient (Wildman–Crippen LogP) is -0.516. The summed E-state index contributed by atoms with van der Waals surface area (Å²) in [6.07, 6.45) is 6.41. The zero-order valence-corrected chi connectivity index (χ0v) is 12.0. The molecule has 1 atom stereocenters. The molecule has 0 saturated carbocycles. The molecule has 0 spiro atoms. The molecule has 2 aliphatic rings. The summed E-state index contributed by atoms with van der Waals surface area (Å²) in [6, 6.07) is -0.383. The number of nitrogens with zero attached hydrogens (tertiary/aromatic N) is 3. The lowest BCUT2D eigenvalue weighted by atomic mass is 10.1. The first-order chi connectivity index (χ1) is 10.2. The smallest absolute Gasteiger partial charge is 0.242 e. The summed E-state index contributed by atoms with van der Waals surface area (Å²) < 4.78 is 2.10. The van der Waals surface area contributed by atoms with Crippen LogP contribution in [0.5, 0.6) is 0 Å². The third-order valence-electron chi connectivity index (χ3n) is 4.06. The second kappa shape index (κ2) is 6.26. The molecule has 1 fully saturated rings. The van der Waals surface area contributed by atoms with Gasteiger partial charge in [-0.2, -0.15) is 0 Å². The van der Waals surface area contributed by atoms with Gasteiger partial charge in [-0.25, -0.2) is 4.98 Å². The quantitative estimate of drug-likeness (QED) is 0.786. The zero-order valence-electron chi connectivity index (χ0n) is 12.0. The minimum atomic E-state index is -0.383. The topological polar surface area (TPSA) is 79.3 Å². The van der Waals surface area contributed by atoms with Crippen molar-refractivity contribution in [1.82, 2.24) is 25.1 Å². The Morgan fingerprint density at radius 2 is 2.33 bits per heavy atom. The second-order valence-corrected chi connectivity index (χ2v) is 5.65. The molecule has 7 nitrogen and oxygen atoms in total. The molecule has 2 amide bonds. The molecule has 0 bridgehead atoms. The lowest BCUT2D eigenvalue weighted by Gasteiger charge is -2.27. The average Bonchev–Trinajstić information content (AvgIpc) is 2.84. The maximum atomic E-state index is 12.1. The van der Waals surface area contributed by atoms with Gasteiger partial charge in [0.2, 0.25) is 11.8 Å². The zero-order chi connectivity index (χ0) is 14.7. The van der Waals surface area contributed by atoms with E-state index >= 15 is 0 Å². The minimum absolute atomic E-state index is 0.0602. The number of amides is 2. The summed E-state index contributed by atoms with van der Waals surface area (Å²) in [7, 11) is 0. The monoisotopic (exact) mass is 291 g/mol. The number of hydrogen-bond donors (Lipinski definition) is 2. The van der Waals surface area contributed by atoms with Crippen molar-refractivity contribution < 1.29 is 9.59 Å². The van der Waals surface area contributed by atoms with Gasteiger partial charge in [0.1, 0.15) is 11.9 Å². The van der Waals surface area contributed by atoms with Crippen molar-refractivity contribution in [2.75, 3.05) is 19.6 Å². The Bertz CT molecular complexity index is 527. The van der Waals surface area contributed by atoms with E-state index in [1.165, 1.54) is 0 Å². The van der Waals surface area contributed by atoms with E-state index in [1.807, 2.05) is 6.20 Å². The van der Waals surface area contributed by atoms with Crippen LogP contribution >= 0.6 is 0 Å². The first kappa shape index (κ1) is 14.1. The van der Waals surface area contributed by atoms with Crippen LogP contribution in [0, 0.1) is 0 Å². The number of fused-ring (bicyclic) bond motifs is 1. The van der Waals surface area contributed by atoms with E-state index in [0.29, 0.717) is 19.6 Å². The standard InChI is InChI=1S/C14H21N5O2/c20-13(17-11-3-1-2-4-16-14(11)21)10-18-7-8-19-6-5-15-12(19)9-18/h5-6,11H,1-4,7-10H2,(H,16,21)(H,17,20)/t11-/m0/s1. The molecule has 0 aliphatic carbocycles. The van der Waals surface area contributed by atoms with Crippen molar-refractivity contribution in [3.05, 3.63) is 18.2 Å². The van der Waals surface area contributed by atoms with Gasteiger partial charge in [0.25, 0.3) is 0 Å². The van der Waals surface area contributed by atoms with Gasteiger partial charge in [-0.1, -0.05) is 0 Å². The molecule has 0 radical (unpaired) electrons. The molecule has 0 aromatic carbocycles. The highest BCUT2D eigenvalue weighted by atomic mass is 16.2. The van der Waals surface area contributed by atoms with Gasteiger partial charge in [-0.3, -0.25) is 14.5 Å². The molecule has 3 rings (SSSR count). The van der Waals surface area contributed by atoms with E-state index < -0.39 is 0 Å². The van der Waals surface area contributed by atoms with Crippen LogP contribution in [-0.4, -0.2) is 51.9 Å². The summed E-state index contributed by atoms with van der Waals surface area (Å²) >= 11 is 0. The van der Waals surface area contributed by atoms with Crippen LogP contribution in [0.25, 0.3) is 0 Å². The molecule has 2 N–H and O–H groups in total. The first-order valence-electron chi connectivity index (χ1n) is 7.52. The van der Waals surface area contributed by atoms with E-state index in [-0.39, 0.29) is 17.9 Å². The fourth-order valence-corrected chi connectivity index (χ4v) is 2.88.